The summed E-state index contributed by atoms with van der Waals surface area (Å²) in [6.45, 7) is 3.80. The van der Waals surface area contributed by atoms with E-state index in [2.05, 4.69) is 4.90 Å². The van der Waals surface area contributed by atoms with Crippen LogP contribution in [-0.4, -0.2) is 38.4 Å². The third-order valence-corrected chi connectivity index (χ3v) is 6.55. The fourth-order valence-corrected chi connectivity index (χ4v) is 4.84. The van der Waals surface area contributed by atoms with Gasteiger partial charge in [0.2, 0.25) is 12.6 Å². The molecule has 8 heteroatoms. The number of methoxy groups -OCH3 is 2. The summed E-state index contributed by atoms with van der Waals surface area (Å²) in [6.07, 6.45) is 1.70. The molecule has 3 heterocycles. The van der Waals surface area contributed by atoms with Crippen LogP contribution in [0.25, 0.3) is 6.08 Å². The molecule has 3 aliphatic heterocycles. The second-order valence-corrected chi connectivity index (χ2v) is 8.84. The van der Waals surface area contributed by atoms with Crippen LogP contribution in [0.5, 0.6) is 34.5 Å². The maximum atomic E-state index is 13.4. The van der Waals surface area contributed by atoms with Gasteiger partial charge in [-0.25, -0.2) is 0 Å². The van der Waals surface area contributed by atoms with Gasteiger partial charge in [-0.2, -0.15) is 0 Å². The van der Waals surface area contributed by atoms with Gasteiger partial charge in [0, 0.05) is 18.7 Å². The molecule has 0 spiro atoms. The first-order valence-corrected chi connectivity index (χ1v) is 11.6. The summed E-state index contributed by atoms with van der Waals surface area (Å²) in [5.41, 5.74) is 4.02. The second kappa shape index (κ2) is 8.80. The lowest BCUT2D eigenvalue weighted by molar-refractivity contribution is 0.0871. The molecule has 0 N–H and O–H groups in total. The molecule has 0 unspecified atom stereocenters. The number of ketones is 1. The smallest absolute Gasteiger partial charge is 0.232 e. The van der Waals surface area contributed by atoms with E-state index in [0.29, 0.717) is 48.2 Å². The van der Waals surface area contributed by atoms with Crippen LogP contribution in [0.1, 0.15) is 32.6 Å². The summed E-state index contributed by atoms with van der Waals surface area (Å²) in [5, 5.41) is 0. The molecule has 0 saturated heterocycles. The summed E-state index contributed by atoms with van der Waals surface area (Å²) in [5.74, 6) is 3.99. The van der Waals surface area contributed by atoms with Gasteiger partial charge in [-0.3, -0.25) is 9.69 Å². The Kier molecular flexibility index (Phi) is 5.45. The Morgan fingerprint density at radius 3 is 2.69 bits per heavy atom. The van der Waals surface area contributed by atoms with Crippen molar-refractivity contribution in [2.24, 2.45) is 0 Å². The summed E-state index contributed by atoms with van der Waals surface area (Å²) >= 11 is 0. The molecule has 0 fully saturated rings. The highest BCUT2D eigenvalue weighted by atomic mass is 16.7. The van der Waals surface area contributed by atoms with E-state index in [9.17, 15) is 4.79 Å². The van der Waals surface area contributed by atoms with E-state index in [-0.39, 0.29) is 18.3 Å². The van der Waals surface area contributed by atoms with Crippen molar-refractivity contribution in [3.05, 3.63) is 76.0 Å². The monoisotopic (exact) mass is 487 g/mol. The van der Waals surface area contributed by atoms with Crippen LogP contribution in [0.15, 0.2) is 48.2 Å². The lowest BCUT2D eigenvalue weighted by Crippen LogP contribution is -2.31. The topological polar surface area (TPSA) is 75.7 Å². The van der Waals surface area contributed by atoms with E-state index < -0.39 is 0 Å². The number of carbonyl (C=O) groups excluding carboxylic acids is 1. The quantitative estimate of drug-likeness (QED) is 0.479. The molecule has 3 aliphatic rings. The third-order valence-electron chi connectivity index (χ3n) is 6.55. The van der Waals surface area contributed by atoms with Crippen molar-refractivity contribution in [1.82, 2.24) is 4.90 Å². The molecule has 3 aromatic carbocycles. The maximum absolute atomic E-state index is 13.4. The van der Waals surface area contributed by atoms with E-state index in [1.807, 2.05) is 43.3 Å². The lowest BCUT2D eigenvalue weighted by atomic mass is 9.98. The number of hydrogen-bond donors (Lipinski definition) is 0. The van der Waals surface area contributed by atoms with Crippen LogP contribution in [-0.2, 0) is 13.1 Å². The molecule has 0 aromatic heterocycles. The second-order valence-electron chi connectivity index (χ2n) is 8.84. The van der Waals surface area contributed by atoms with Crippen molar-refractivity contribution >= 4 is 11.9 Å². The zero-order valence-electron chi connectivity index (χ0n) is 20.3. The van der Waals surface area contributed by atoms with E-state index >= 15 is 0 Å². The standard InChI is InChI=1S/C28H25NO7/c1-16-9-22-19(13-29(14-33-22)12-17-7-8-20-23(10-17)35-15-34-20)28-25(16)26(30)24(36-28)11-18-5-4-6-21(31-2)27(18)32-3/h4-11H,12-15H2,1-3H3/b24-11-. The zero-order chi connectivity index (χ0) is 24.8. The number of benzene rings is 3. The molecule has 36 heavy (non-hydrogen) atoms. The summed E-state index contributed by atoms with van der Waals surface area (Å²) in [4.78, 5) is 15.5. The highest BCUT2D eigenvalue weighted by Gasteiger charge is 2.35. The van der Waals surface area contributed by atoms with Crippen molar-refractivity contribution in [2.75, 3.05) is 27.7 Å². The fraction of sp³-hybridized carbons (Fsp3) is 0.250. The number of fused-ring (bicyclic) bond motifs is 4. The average Bonchev–Trinajstić information content (AvgIpc) is 3.48. The maximum Gasteiger partial charge on any atom is 0.232 e. The number of rotatable bonds is 5. The van der Waals surface area contributed by atoms with Gasteiger partial charge in [0.15, 0.2) is 28.8 Å². The fourth-order valence-electron chi connectivity index (χ4n) is 4.84. The predicted molar refractivity (Wildman–Crippen MR) is 131 cm³/mol. The van der Waals surface area contributed by atoms with Gasteiger partial charge in [-0.1, -0.05) is 18.2 Å². The van der Waals surface area contributed by atoms with Crippen molar-refractivity contribution in [3.63, 3.8) is 0 Å². The number of Topliss-reactive ketones (excluding diaryl/α,β-unsaturated/α-hetero) is 1. The van der Waals surface area contributed by atoms with Crippen LogP contribution < -0.4 is 28.4 Å². The van der Waals surface area contributed by atoms with Gasteiger partial charge < -0.3 is 28.4 Å². The van der Waals surface area contributed by atoms with Gasteiger partial charge in [0.25, 0.3) is 0 Å². The molecule has 0 radical (unpaired) electrons. The molecule has 6 rings (SSSR count). The first-order chi connectivity index (χ1) is 17.6. The van der Waals surface area contributed by atoms with Crippen LogP contribution in [0, 0.1) is 6.92 Å². The Balaban J connectivity index is 1.30. The summed E-state index contributed by atoms with van der Waals surface area (Å²) in [6, 6.07) is 13.3. The molecule has 3 aromatic rings. The molecule has 184 valence electrons. The number of nitrogens with zero attached hydrogens (tertiary/aromatic N) is 1. The Morgan fingerprint density at radius 2 is 1.86 bits per heavy atom. The number of hydrogen-bond acceptors (Lipinski definition) is 8. The van der Waals surface area contributed by atoms with E-state index in [4.69, 9.17) is 28.4 Å². The zero-order valence-corrected chi connectivity index (χ0v) is 20.3. The van der Waals surface area contributed by atoms with Crippen molar-refractivity contribution in [1.29, 1.82) is 0 Å². The van der Waals surface area contributed by atoms with E-state index in [1.54, 1.807) is 26.4 Å². The molecule has 0 atom stereocenters. The number of para-hydroxylation sites is 1. The first-order valence-electron chi connectivity index (χ1n) is 11.6. The van der Waals surface area contributed by atoms with Crippen molar-refractivity contribution in [3.8, 4) is 34.5 Å². The third kappa shape index (κ3) is 3.70. The highest BCUT2D eigenvalue weighted by molar-refractivity contribution is 6.16. The first kappa shape index (κ1) is 22.3. The summed E-state index contributed by atoms with van der Waals surface area (Å²) < 4.78 is 34.1. The minimum absolute atomic E-state index is 0.164. The molecule has 0 aliphatic carbocycles. The number of aryl methyl sites for hydroxylation is 1. The Morgan fingerprint density at radius 1 is 1.00 bits per heavy atom. The Bertz CT molecular complexity index is 1410. The molecule has 8 nitrogen and oxygen atoms in total. The predicted octanol–water partition coefficient (Wildman–Crippen LogP) is 4.71. The number of allylic oxidation sites excluding steroid dienone is 1. The number of carbonyl (C=O) groups is 1. The van der Waals surface area contributed by atoms with Crippen molar-refractivity contribution in [2.45, 2.75) is 20.0 Å². The molecule has 0 bridgehead atoms. The van der Waals surface area contributed by atoms with E-state index in [1.165, 1.54) is 0 Å². The molecular formula is C28H25NO7. The van der Waals surface area contributed by atoms with Crippen LogP contribution in [0.2, 0.25) is 0 Å². The molecular weight excluding hydrogens is 462 g/mol. The van der Waals surface area contributed by atoms with Crippen LogP contribution in [0.3, 0.4) is 0 Å². The van der Waals surface area contributed by atoms with Crippen LogP contribution in [0.4, 0.5) is 0 Å². The summed E-state index contributed by atoms with van der Waals surface area (Å²) in [7, 11) is 3.14. The molecule has 0 amide bonds. The normalized spacial score (nSPS) is 16.9. The van der Waals surface area contributed by atoms with Gasteiger partial charge in [0.1, 0.15) is 18.2 Å². The minimum Gasteiger partial charge on any atom is -0.493 e. The van der Waals surface area contributed by atoms with Gasteiger partial charge >= 0.3 is 0 Å². The van der Waals surface area contributed by atoms with Gasteiger partial charge in [-0.15, -0.1) is 0 Å². The average molecular weight is 488 g/mol. The Labute approximate surface area is 208 Å². The number of ether oxygens (including phenoxy) is 6. The largest absolute Gasteiger partial charge is 0.493 e. The SMILES string of the molecule is COc1cccc(/C=C2\Oc3c4c(cc(C)c3C2=O)OCN(Cc2ccc3c(c2)OCO3)C4)c1OC. The van der Waals surface area contributed by atoms with Gasteiger partial charge in [0.05, 0.1) is 25.3 Å². The minimum atomic E-state index is -0.164. The van der Waals surface area contributed by atoms with Crippen LogP contribution >= 0.6 is 0 Å². The Hall–Kier alpha value is -4.17. The highest BCUT2D eigenvalue weighted by Crippen LogP contribution is 2.45. The molecule has 0 saturated carbocycles. The van der Waals surface area contributed by atoms with E-state index in [0.717, 1.165) is 33.9 Å². The van der Waals surface area contributed by atoms with Crippen molar-refractivity contribution < 1.29 is 33.2 Å². The lowest BCUT2D eigenvalue weighted by Gasteiger charge is -2.30. The van der Waals surface area contributed by atoms with Gasteiger partial charge in [-0.05, 0) is 48.4 Å².